The maximum Gasteiger partial charge on any atom is 0.140 e. The molecule has 0 radical (unpaired) electrons. The summed E-state index contributed by atoms with van der Waals surface area (Å²) in [5.74, 6) is 0. The van der Waals surface area contributed by atoms with E-state index in [1.165, 1.54) is 31.2 Å². The lowest BCUT2D eigenvalue weighted by molar-refractivity contribution is 0.202. The Labute approximate surface area is 143 Å². The smallest absolute Gasteiger partial charge is 0.140 e. The standard InChI is InChI=1S/C19H30N2OS/c1-17(2,23(20)22)13-19(12-16-6-4-3-5-7-16)9-8-18(14-19)10-11-21-15-18/h3-7,21H,8-15,20H2,1-2H3. The van der Waals surface area contributed by atoms with Crippen molar-refractivity contribution in [2.75, 3.05) is 13.1 Å². The first-order valence-electron chi connectivity index (χ1n) is 8.76. The second kappa shape index (κ2) is 6.40. The van der Waals surface area contributed by atoms with Gasteiger partial charge in [0.1, 0.15) is 4.75 Å². The van der Waals surface area contributed by atoms with Crippen LogP contribution in [0.4, 0.5) is 0 Å². The van der Waals surface area contributed by atoms with Gasteiger partial charge in [0, 0.05) is 24.3 Å². The number of nitrogens with two attached hydrogens (primary N) is 1. The van der Waals surface area contributed by atoms with Crippen LogP contribution in [-0.2, 0) is 17.8 Å². The lowest BCUT2D eigenvalue weighted by Gasteiger charge is -2.38. The summed E-state index contributed by atoms with van der Waals surface area (Å²) in [5.41, 5.74) is 2.08. The van der Waals surface area contributed by atoms with E-state index >= 15 is 0 Å². The fourth-order valence-corrected chi connectivity index (χ4v) is 5.48. The molecule has 3 N–H and O–H groups in total. The normalized spacial score (nSPS) is 32.5. The van der Waals surface area contributed by atoms with Gasteiger partial charge in [-0.15, -0.1) is 0 Å². The number of benzene rings is 1. The molecule has 0 bridgehead atoms. The number of rotatable bonds is 5. The fraction of sp³-hybridized carbons (Fsp3) is 0.684. The summed E-state index contributed by atoms with van der Waals surface area (Å²) < 4.78 is 11.7. The zero-order chi connectivity index (χ0) is 16.6. The van der Waals surface area contributed by atoms with Crippen molar-refractivity contribution in [3.05, 3.63) is 35.9 Å². The van der Waals surface area contributed by atoms with Crippen molar-refractivity contribution in [3.8, 4) is 0 Å². The average molecular weight is 335 g/mol. The molecule has 3 atom stereocenters. The first-order chi connectivity index (χ1) is 10.9. The van der Waals surface area contributed by atoms with Gasteiger partial charge in [-0.3, -0.25) is 0 Å². The second-order valence-electron chi connectivity index (χ2n) is 8.50. The van der Waals surface area contributed by atoms with Crippen molar-refractivity contribution in [2.45, 2.75) is 57.1 Å². The minimum atomic E-state index is -1.28. The van der Waals surface area contributed by atoms with E-state index in [9.17, 15) is 4.55 Å². The Morgan fingerprint density at radius 3 is 2.57 bits per heavy atom. The molecule has 1 heterocycles. The van der Waals surface area contributed by atoms with E-state index in [1.54, 1.807) is 0 Å². The van der Waals surface area contributed by atoms with Gasteiger partial charge in [0.05, 0.1) is 0 Å². The van der Waals surface area contributed by atoms with Crippen LogP contribution in [0.2, 0.25) is 0 Å². The van der Waals surface area contributed by atoms with Crippen LogP contribution in [0, 0.1) is 10.8 Å². The Bertz CT molecular complexity index is 525. The van der Waals surface area contributed by atoms with Crippen molar-refractivity contribution in [3.63, 3.8) is 0 Å². The zero-order valence-electron chi connectivity index (χ0n) is 14.4. The predicted octanol–water partition coefficient (Wildman–Crippen LogP) is 3.17. The van der Waals surface area contributed by atoms with E-state index in [-0.39, 0.29) is 10.2 Å². The lowest BCUT2D eigenvalue weighted by Crippen LogP contribution is -2.43. The molecular weight excluding hydrogens is 304 g/mol. The van der Waals surface area contributed by atoms with Crippen molar-refractivity contribution in [2.24, 2.45) is 16.0 Å². The molecule has 1 spiro atoms. The minimum absolute atomic E-state index is 0.228. The van der Waals surface area contributed by atoms with E-state index in [4.69, 9.17) is 5.14 Å². The fourth-order valence-electron chi connectivity index (χ4n) is 5.03. The van der Waals surface area contributed by atoms with Gasteiger partial charge < -0.3 is 9.87 Å². The molecule has 1 aliphatic carbocycles. The summed E-state index contributed by atoms with van der Waals surface area (Å²) in [4.78, 5) is 0. The van der Waals surface area contributed by atoms with E-state index < -0.39 is 11.4 Å². The van der Waals surface area contributed by atoms with E-state index in [0.717, 1.165) is 25.9 Å². The van der Waals surface area contributed by atoms with Crippen LogP contribution in [0.3, 0.4) is 0 Å². The molecule has 2 aliphatic rings. The predicted molar refractivity (Wildman–Crippen MR) is 97.4 cm³/mol. The Hall–Kier alpha value is -0.550. The van der Waals surface area contributed by atoms with Gasteiger partial charge in [0.25, 0.3) is 0 Å². The molecule has 3 unspecified atom stereocenters. The van der Waals surface area contributed by atoms with Gasteiger partial charge in [-0.2, -0.15) is 5.14 Å². The van der Waals surface area contributed by atoms with Gasteiger partial charge in [-0.05, 0) is 68.9 Å². The highest BCUT2D eigenvalue weighted by molar-refractivity contribution is 7.90. The largest absolute Gasteiger partial charge is 0.598 e. The summed E-state index contributed by atoms with van der Waals surface area (Å²) >= 11 is -1.28. The average Bonchev–Trinajstić information content (AvgIpc) is 3.08. The van der Waals surface area contributed by atoms with E-state index in [2.05, 4.69) is 49.5 Å². The van der Waals surface area contributed by atoms with Gasteiger partial charge >= 0.3 is 0 Å². The van der Waals surface area contributed by atoms with Gasteiger partial charge in [0.15, 0.2) is 0 Å². The number of nitrogens with one attached hydrogen (secondary N) is 1. The van der Waals surface area contributed by atoms with Crippen LogP contribution in [0.15, 0.2) is 30.3 Å². The molecule has 128 valence electrons. The van der Waals surface area contributed by atoms with Gasteiger partial charge in [0.2, 0.25) is 0 Å². The molecule has 3 rings (SSSR count). The van der Waals surface area contributed by atoms with Gasteiger partial charge in [-0.1, -0.05) is 30.3 Å². The summed E-state index contributed by atoms with van der Waals surface area (Å²) in [6.07, 6.45) is 7.07. The topological polar surface area (TPSA) is 61.1 Å². The molecule has 1 saturated carbocycles. The Morgan fingerprint density at radius 2 is 1.96 bits per heavy atom. The maximum atomic E-state index is 12.0. The Kier molecular flexibility index (Phi) is 4.81. The number of hydrogen-bond donors (Lipinski definition) is 2. The quantitative estimate of drug-likeness (QED) is 0.813. The Balaban J connectivity index is 1.84. The van der Waals surface area contributed by atoms with Crippen molar-refractivity contribution in [1.82, 2.24) is 5.32 Å². The monoisotopic (exact) mass is 334 g/mol. The molecule has 23 heavy (non-hydrogen) atoms. The number of hydrogen-bond acceptors (Lipinski definition) is 3. The summed E-state index contributed by atoms with van der Waals surface area (Å²) in [6, 6.07) is 10.8. The van der Waals surface area contributed by atoms with Crippen LogP contribution >= 0.6 is 0 Å². The molecule has 1 aromatic carbocycles. The van der Waals surface area contributed by atoms with E-state index in [1.807, 2.05) is 0 Å². The van der Waals surface area contributed by atoms with Crippen LogP contribution in [-0.4, -0.2) is 22.4 Å². The lowest BCUT2D eigenvalue weighted by atomic mass is 9.71. The molecule has 0 amide bonds. The summed E-state index contributed by atoms with van der Waals surface area (Å²) in [7, 11) is 0. The molecule has 1 saturated heterocycles. The molecule has 1 aromatic rings. The Morgan fingerprint density at radius 1 is 1.22 bits per heavy atom. The highest BCUT2D eigenvalue weighted by Gasteiger charge is 2.52. The molecule has 3 nitrogen and oxygen atoms in total. The van der Waals surface area contributed by atoms with Gasteiger partial charge in [-0.25, -0.2) is 0 Å². The molecule has 2 fully saturated rings. The van der Waals surface area contributed by atoms with Crippen molar-refractivity contribution in [1.29, 1.82) is 0 Å². The molecular formula is C19H30N2OS. The first-order valence-corrected chi connectivity index (χ1v) is 9.97. The first kappa shape index (κ1) is 17.3. The van der Waals surface area contributed by atoms with Crippen LogP contribution in [0.5, 0.6) is 0 Å². The highest BCUT2D eigenvalue weighted by Crippen LogP contribution is 2.57. The molecule has 4 heteroatoms. The highest BCUT2D eigenvalue weighted by atomic mass is 32.2. The SMILES string of the molecule is CC(C)(CC1(Cc2ccccc2)CCC2(CCNC2)C1)[S+](N)[O-]. The third-order valence-electron chi connectivity index (χ3n) is 6.04. The van der Waals surface area contributed by atoms with Crippen molar-refractivity contribution < 1.29 is 4.55 Å². The van der Waals surface area contributed by atoms with Crippen LogP contribution < -0.4 is 10.5 Å². The zero-order valence-corrected chi connectivity index (χ0v) is 15.3. The third-order valence-corrected chi connectivity index (χ3v) is 7.27. The third kappa shape index (κ3) is 3.76. The van der Waals surface area contributed by atoms with Crippen molar-refractivity contribution >= 4 is 11.4 Å². The minimum Gasteiger partial charge on any atom is -0.598 e. The summed E-state index contributed by atoms with van der Waals surface area (Å²) in [6.45, 7) is 6.42. The van der Waals surface area contributed by atoms with E-state index in [0.29, 0.717) is 5.41 Å². The van der Waals surface area contributed by atoms with Crippen LogP contribution in [0.1, 0.15) is 51.5 Å². The maximum absolute atomic E-state index is 12.0. The molecule has 1 aliphatic heterocycles. The van der Waals surface area contributed by atoms with Crippen LogP contribution in [0.25, 0.3) is 0 Å². The second-order valence-corrected chi connectivity index (χ2v) is 10.2. The summed E-state index contributed by atoms with van der Waals surface area (Å²) in [5, 5.41) is 9.36. The molecule has 0 aromatic heterocycles.